The molecular weight excluding hydrogens is 232 g/mol. The first-order valence-electron chi connectivity index (χ1n) is 4.40. The molecule has 0 heterocycles. The molecule has 2 amide bonds. The van der Waals surface area contributed by atoms with E-state index in [-0.39, 0.29) is 22.2 Å². The standard InChI is InChI=1S/C10H11ClN2O3/c1-5(14)13-8-4-9(16-2)6(10(12)15)3-7(8)11/h3-4H,1-2H3,(H2,12,15)(H,13,14). The second kappa shape index (κ2) is 4.85. The summed E-state index contributed by atoms with van der Waals surface area (Å²) in [5.74, 6) is -0.649. The molecule has 0 saturated heterocycles. The van der Waals surface area contributed by atoms with Gasteiger partial charge >= 0.3 is 0 Å². The highest BCUT2D eigenvalue weighted by Crippen LogP contribution is 2.30. The normalized spacial score (nSPS) is 9.69. The Labute approximate surface area is 97.5 Å². The van der Waals surface area contributed by atoms with Crippen LogP contribution in [0.5, 0.6) is 5.75 Å². The Balaban J connectivity index is 3.25. The third kappa shape index (κ3) is 2.64. The quantitative estimate of drug-likeness (QED) is 0.841. The van der Waals surface area contributed by atoms with Gasteiger partial charge in [-0.15, -0.1) is 0 Å². The Bertz CT molecular complexity index is 446. The number of halogens is 1. The molecule has 0 bridgehead atoms. The van der Waals surface area contributed by atoms with E-state index in [1.807, 2.05) is 0 Å². The van der Waals surface area contributed by atoms with Gasteiger partial charge in [-0.2, -0.15) is 0 Å². The number of rotatable bonds is 3. The van der Waals surface area contributed by atoms with Gasteiger partial charge in [-0.05, 0) is 6.07 Å². The van der Waals surface area contributed by atoms with Crippen molar-refractivity contribution in [3.8, 4) is 5.75 Å². The van der Waals surface area contributed by atoms with E-state index in [9.17, 15) is 9.59 Å². The lowest BCUT2D eigenvalue weighted by atomic mass is 10.1. The third-order valence-corrected chi connectivity index (χ3v) is 2.18. The molecule has 3 N–H and O–H groups in total. The van der Waals surface area contributed by atoms with Gasteiger partial charge in [-0.1, -0.05) is 11.6 Å². The third-order valence-electron chi connectivity index (χ3n) is 1.87. The zero-order valence-electron chi connectivity index (χ0n) is 8.83. The van der Waals surface area contributed by atoms with E-state index in [1.54, 1.807) is 0 Å². The maximum Gasteiger partial charge on any atom is 0.252 e. The second-order valence-corrected chi connectivity index (χ2v) is 3.48. The highest BCUT2D eigenvalue weighted by atomic mass is 35.5. The van der Waals surface area contributed by atoms with Crippen LogP contribution in [0, 0.1) is 0 Å². The van der Waals surface area contributed by atoms with E-state index in [0.29, 0.717) is 5.69 Å². The van der Waals surface area contributed by atoms with Crippen LogP contribution in [0.15, 0.2) is 12.1 Å². The minimum atomic E-state index is -0.645. The molecule has 16 heavy (non-hydrogen) atoms. The van der Waals surface area contributed by atoms with Crippen LogP contribution in [0.4, 0.5) is 5.69 Å². The predicted octanol–water partition coefficient (Wildman–Crippen LogP) is 1.41. The molecule has 1 rings (SSSR count). The summed E-state index contributed by atoms with van der Waals surface area (Å²) in [7, 11) is 1.40. The summed E-state index contributed by atoms with van der Waals surface area (Å²) in [6, 6.07) is 2.80. The van der Waals surface area contributed by atoms with Gasteiger partial charge in [-0.3, -0.25) is 9.59 Å². The van der Waals surface area contributed by atoms with Crippen LogP contribution in [0.25, 0.3) is 0 Å². The van der Waals surface area contributed by atoms with Crippen molar-refractivity contribution < 1.29 is 14.3 Å². The molecule has 0 aliphatic heterocycles. The number of carbonyl (C=O) groups is 2. The number of anilines is 1. The van der Waals surface area contributed by atoms with E-state index >= 15 is 0 Å². The van der Waals surface area contributed by atoms with Crippen molar-refractivity contribution in [2.45, 2.75) is 6.92 Å². The predicted molar refractivity (Wildman–Crippen MR) is 60.8 cm³/mol. The van der Waals surface area contributed by atoms with E-state index in [2.05, 4.69) is 5.32 Å². The monoisotopic (exact) mass is 242 g/mol. The summed E-state index contributed by atoms with van der Waals surface area (Å²) < 4.78 is 4.97. The van der Waals surface area contributed by atoms with Crippen LogP contribution in [0.1, 0.15) is 17.3 Å². The molecule has 0 unspecified atom stereocenters. The summed E-state index contributed by atoms with van der Waals surface area (Å²) in [6.07, 6.45) is 0. The number of nitrogens with one attached hydrogen (secondary N) is 1. The highest BCUT2D eigenvalue weighted by molar-refractivity contribution is 6.34. The van der Waals surface area contributed by atoms with E-state index in [1.165, 1.54) is 26.2 Å². The van der Waals surface area contributed by atoms with Gasteiger partial charge in [-0.25, -0.2) is 0 Å². The molecule has 0 aliphatic carbocycles. The lowest BCUT2D eigenvalue weighted by Crippen LogP contribution is -2.13. The van der Waals surface area contributed by atoms with Gasteiger partial charge < -0.3 is 15.8 Å². The second-order valence-electron chi connectivity index (χ2n) is 3.08. The molecular formula is C10H11ClN2O3. The number of methoxy groups -OCH3 is 1. The zero-order valence-corrected chi connectivity index (χ0v) is 9.59. The maximum atomic E-state index is 11.1. The van der Waals surface area contributed by atoms with Crippen molar-refractivity contribution in [3.63, 3.8) is 0 Å². The van der Waals surface area contributed by atoms with Crippen LogP contribution < -0.4 is 15.8 Å². The van der Waals surface area contributed by atoms with E-state index in [0.717, 1.165) is 0 Å². The summed E-state index contributed by atoms with van der Waals surface area (Å²) in [5.41, 5.74) is 5.68. The summed E-state index contributed by atoms with van der Waals surface area (Å²) in [6.45, 7) is 1.35. The first kappa shape index (κ1) is 12.3. The molecule has 6 heteroatoms. The van der Waals surface area contributed by atoms with Crippen molar-refractivity contribution >= 4 is 29.1 Å². The lowest BCUT2D eigenvalue weighted by molar-refractivity contribution is -0.114. The number of carbonyl (C=O) groups excluding carboxylic acids is 2. The Kier molecular flexibility index (Phi) is 3.73. The van der Waals surface area contributed by atoms with Crippen LogP contribution >= 0.6 is 11.6 Å². The summed E-state index contributed by atoms with van der Waals surface area (Å²) >= 11 is 5.87. The van der Waals surface area contributed by atoms with Gasteiger partial charge in [0.1, 0.15) is 5.75 Å². The molecule has 0 aromatic heterocycles. The van der Waals surface area contributed by atoms with E-state index < -0.39 is 5.91 Å². The molecule has 0 spiro atoms. The van der Waals surface area contributed by atoms with Crippen LogP contribution in [-0.4, -0.2) is 18.9 Å². The highest BCUT2D eigenvalue weighted by Gasteiger charge is 2.13. The topological polar surface area (TPSA) is 81.4 Å². The van der Waals surface area contributed by atoms with E-state index in [4.69, 9.17) is 22.1 Å². The molecule has 0 atom stereocenters. The molecule has 0 fully saturated rings. The fraction of sp³-hybridized carbons (Fsp3) is 0.200. The van der Waals surface area contributed by atoms with Crippen LogP contribution in [0.2, 0.25) is 5.02 Å². The van der Waals surface area contributed by atoms with Crippen molar-refractivity contribution in [1.82, 2.24) is 0 Å². The number of nitrogens with two attached hydrogens (primary N) is 1. The first-order chi connectivity index (χ1) is 7.45. The fourth-order valence-corrected chi connectivity index (χ4v) is 1.41. The number of primary amides is 1. The molecule has 0 radical (unpaired) electrons. The van der Waals surface area contributed by atoms with Crippen molar-refractivity contribution in [1.29, 1.82) is 0 Å². The Hall–Kier alpha value is -1.75. The number of benzene rings is 1. The van der Waals surface area contributed by atoms with Gasteiger partial charge in [0.25, 0.3) is 5.91 Å². The number of ether oxygens (including phenoxy) is 1. The average Bonchev–Trinajstić information content (AvgIpc) is 2.19. The van der Waals surface area contributed by atoms with Gasteiger partial charge in [0.05, 0.1) is 23.4 Å². The summed E-state index contributed by atoms with van der Waals surface area (Å²) in [5, 5.41) is 2.74. The lowest BCUT2D eigenvalue weighted by Gasteiger charge is -2.10. The van der Waals surface area contributed by atoms with Crippen molar-refractivity contribution in [3.05, 3.63) is 22.7 Å². The SMILES string of the molecule is COc1cc(NC(C)=O)c(Cl)cc1C(N)=O. The molecule has 0 aliphatic rings. The minimum Gasteiger partial charge on any atom is -0.496 e. The number of amides is 2. The number of hydrogen-bond donors (Lipinski definition) is 2. The molecule has 1 aromatic rings. The first-order valence-corrected chi connectivity index (χ1v) is 4.78. The molecule has 5 nitrogen and oxygen atoms in total. The van der Waals surface area contributed by atoms with Crippen molar-refractivity contribution in [2.75, 3.05) is 12.4 Å². The number of hydrogen-bond acceptors (Lipinski definition) is 3. The van der Waals surface area contributed by atoms with Crippen molar-refractivity contribution in [2.24, 2.45) is 5.73 Å². The van der Waals surface area contributed by atoms with Gasteiger partial charge in [0, 0.05) is 13.0 Å². The fourth-order valence-electron chi connectivity index (χ4n) is 1.20. The van der Waals surface area contributed by atoms with Crippen LogP contribution in [0.3, 0.4) is 0 Å². The Morgan fingerprint density at radius 3 is 2.50 bits per heavy atom. The maximum absolute atomic E-state index is 11.1. The molecule has 86 valence electrons. The largest absolute Gasteiger partial charge is 0.496 e. The Morgan fingerprint density at radius 1 is 1.44 bits per heavy atom. The molecule has 1 aromatic carbocycles. The smallest absolute Gasteiger partial charge is 0.252 e. The van der Waals surface area contributed by atoms with Gasteiger partial charge in [0.15, 0.2) is 0 Å². The van der Waals surface area contributed by atoms with Gasteiger partial charge in [0.2, 0.25) is 5.91 Å². The minimum absolute atomic E-state index is 0.168. The molecule has 0 saturated carbocycles. The Morgan fingerprint density at radius 2 is 2.06 bits per heavy atom. The zero-order chi connectivity index (χ0) is 12.3. The summed E-state index contributed by atoms with van der Waals surface area (Å²) in [4.78, 5) is 21.9. The average molecular weight is 243 g/mol. The van der Waals surface area contributed by atoms with Crippen LogP contribution in [-0.2, 0) is 4.79 Å².